The molecule has 0 aliphatic rings. The second-order valence-corrected chi connectivity index (χ2v) is 5.46. The summed E-state index contributed by atoms with van der Waals surface area (Å²) in [6, 6.07) is 6.96. The first-order valence-electron chi connectivity index (χ1n) is 6.52. The van der Waals surface area contributed by atoms with Gasteiger partial charge >= 0.3 is 0 Å². The highest BCUT2D eigenvalue weighted by atomic mass is 35.5. The van der Waals surface area contributed by atoms with Crippen LogP contribution in [0.4, 0.5) is 4.39 Å². The predicted molar refractivity (Wildman–Crippen MR) is 87.5 cm³/mol. The number of amides is 1. The highest BCUT2D eigenvalue weighted by Gasteiger charge is 2.10. The standard InChI is InChI=1S/C15H12Cl2FN3O2/c1-9(10-6-13(18)12(17)7-11(10)16)19-20-14(22)8-21-5-3-2-4-15(21)23/h2-7H,8H2,1H3,(H,20,22)/b19-9-. The Hall–Kier alpha value is -2.18. The molecule has 1 aromatic carbocycles. The van der Waals surface area contributed by atoms with Crippen molar-refractivity contribution in [2.75, 3.05) is 0 Å². The van der Waals surface area contributed by atoms with E-state index in [1.807, 2.05) is 0 Å². The summed E-state index contributed by atoms with van der Waals surface area (Å²) in [6.07, 6.45) is 1.49. The lowest BCUT2D eigenvalue weighted by Gasteiger charge is -2.07. The van der Waals surface area contributed by atoms with Crippen LogP contribution in [-0.2, 0) is 11.3 Å². The van der Waals surface area contributed by atoms with Crippen LogP contribution >= 0.6 is 23.2 Å². The summed E-state index contributed by atoms with van der Waals surface area (Å²) in [6.45, 7) is 1.38. The topological polar surface area (TPSA) is 63.5 Å². The van der Waals surface area contributed by atoms with Gasteiger partial charge in [-0.05, 0) is 25.1 Å². The van der Waals surface area contributed by atoms with Crippen LogP contribution in [-0.4, -0.2) is 16.2 Å². The van der Waals surface area contributed by atoms with Gasteiger partial charge in [-0.3, -0.25) is 9.59 Å². The predicted octanol–water partition coefficient (Wildman–Crippen LogP) is 2.83. The second kappa shape index (κ2) is 7.39. The fourth-order valence-corrected chi connectivity index (χ4v) is 2.31. The number of pyridine rings is 1. The summed E-state index contributed by atoms with van der Waals surface area (Å²) in [7, 11) is 0. The van der Waals surface area contributed by atoms with E-state index in [0.717, 1.165) is 6.07 Å². The molecule has 0 radical (unpaired) electrons. The Labute approximate surface area is 141 Å². The largest absolute Gasteiger partial charge is 0.306 e. The van der Waals surface area contributed by atoms with Gasteiger partial charge in [-0.2, -0.15) is 5.10 Å². The minimum Gasteiger partial charge on any atom is -0.306 e. The Bertz CT molecular complexity index is 834. The number of carbonyl (C=O) groups is 1. The van der Waals surface area contributed by atoms with Gasteiger partial charge < -0.3 is 4.57 Å². The van der Waals surface area contributed by atoms with Crippen molar-refractivity contribution < 1.29 is 9.18 Å². The molecule has 120 valence electrons. The zero-order valence-corrected chi connectivity index (χ0v) is 13.5. The molecule has 2 rings (SSSR count). The van der Waals surface area contributed by atoms with Crippen LogP contribution in [0.2, 0.25) is 10.0 Å². The van der Waals surface area contributed by atoms with Gasteiger partial charge in [0.15, 0.2) is 0 Å². The minimum atomic E-state index is -0.636. The molecule has 0 atom stereocenters. The zero-order valence-electron chi connectivity index (χ0n) is 12.0. The SMILES string of the molecule is C/C(=N/NC(=O)Cn1ccccc1=O)c1cc(F)c(Cl)cc1Cl. The lowest BCUT2D eigenvalue weighted by molar-refractivity contribution is -0.121. The van der Waals surface area contributed by atoms with Gasteiger partial charge in [0.05, 0.1) is 15.8 Å². The highest BCUT2D eigenvalue weighted by Crippen LogP contribution is 2.24. The Balaban J connectivity index is 2.11. The summed E-state index contributed by atoms with van der Waals surface area (Å²) >= 11 is 11.6. The number of nitrogens with zero attached hydrogens (tertiary/aromatic N) is 2. The van der Waals surface area contributed by atoms with Gasteiger partial charge in [-0.25, -0.2) is 9.82 Å². The average Bonchev–Trinajstić information content (AvgIpc) is 2.51. The van der Waals surface area contributed by atoms with E-state index in [4.69, 9.17) is 23.2 Å². The molecule has 0 spiro atoms. The van der Waals surface area contributed by atoms with E-state index >= 15 is 0 Å². The maximum atomic E-state index is 13.5. The van der Waals surface area contributed by atoms with Gasteiger partial charge in [-0.15, -0.1) is 0 Å². The molecule has 1 amide bonds. The molecule has 2 aromatic rings. The zero-order chi connectivity index (χ0) is 17.0. The molecule has 23 heavy (non-hydrogen) atoms. The smallest absolute Gasteiger partial charge is 0.260 e. The molecule has 1 heterocycles. The van der Waals surface area contributed by atoms with E-state index in [2.05, 4.69) is 10.5 Å². The number of benzene rings is 1. The van der Waals surface area contributed by atoms with Crippen molar-refractivity contribution in [3.8, 4) is 0 Å². The molecule has 0 bridgehead atoms. The molecule has 8 heteroatoms. The molecule has 0 saturated heterocycles. The summed E-state index contributed by atoms with van der Waals surface area (Å²) in [5.74, 6) is -1.13. The molecule has 1 N–H and O–H groups in total. The van der Waals surface area contributed by atoms with E-state index in [1.54, 1.807) is 19.1 Å². The van der Waals surface area contributed by atoms with Crippen LogP contribution in [0, 0.1) is 5.82 Å². The van der Waals surface area contributed by atoms with Crippen LogP contribution in [0.25, 0.3) is 0 Å². The first kappa shape index (κ1) is 17.2. The quantitative estimate of drug-likeness (QED) is 0.520. The number of hydrazone groups is 1. The Kier molecular flexibility index (Phi) is 5.52. The van der Waals surface area contributed by atoms with E-state index < -0.39 is 11.7 Å². The Morgan fingerprint density at radius 1 is 1.30 bits per heavy atom. The van der Waals surface area contributed by atoms with Crippen LogP contribution in [0.1, 0.15) is 12.5 Å². The lowest BCUT2D eigenvalue weighted by atomic mass is 10.1. The summed E-state index contributed by atoms with van der Waals surface area (Å²) in [5.41, 5.74) is 2.61. The molecule has 5 nitrogen and oxygen atoms in total. The number of aromatic nitrogens is 1. The van der Waals surface area contributed by atoms with Crippen molar-refractivity contribution in [3.63, 3.8) is 0 Å². The highest BCUT2D eigenvalue weighted by molar-refractivity contribution is 6.37. The maximum Gasteiger partial charge on any atom is 0.260 e. The molecule has 0 fully saturated rings. The number of halogens is 3. The lowest BCUT2D eigenvalue weighted by Crippen LogP contribution is -2.29. The average molecular weight is 356 g/mol. The summed E-state index contributed by atoms with van der Waals surface area (Å²) in [5, 5.41) is 3.98. The first-order chi connectivity index (χ1) is 10.9. The van der Waals surface area contributed by atoms with Crippen molar-refractivity contribution in [1.82, 2.24) is 9.99 Å². The third kappa shape index (κ3) is 4.40. The number of hydrogen-bond donors (Lipinski definition) is 1. The third-order valence-corrected chi connectivity index (χ3v) is 3.56. The normalized spacial score (nSPS) is 11.4. The van der Waals surface area contributed by atoms with Gasteiger partial charge in [0, 0.05) is 17.8 Å². The number of carbonyl (C=O) groups excluding carboxylic acids is 1. The molecule has 0 unspecified atom stereocenters. The maximum absolute atomic E-state index is 13.5. The molecule has 0 aliphatic heterocycles. The van der Waals surface area contributed by atoms with Crippen molar-refractivity contribution in [2.24, 2.45) is 5.10 Å². The molecule has 1 aromatic heterocycles. The van der Waals surface area contributed by atoms with Crippen molar-refractivity contribution in [3.05, 3.63) is 68.3 Å². The fourth-order valence-electron chi connectivity index (χ4n) is 1.79. The molecule has 0 saturated carbocycles. The van der Waals surface area contributed by atoms with Gasteiger partial charge in [0.25, 0.3) is 11.5 Å². The Morgan fingerprint density at radius 3 is 2.74 bits per heavy atom. The summed E-state index contributed by atoms with van der Waals surface area (Å²) in [4.78, 5) is 23.3. The van der Waals surface area contributed by atoms with Crippen LogP contribution < -0.4 is 11.0 Å². The monoisotopic (exact) mass is 355 g/mol. The Morgan fingerprint density at radius 2 is 2.04 bits per heavy atom. The van der Waals surface area contributed by atoms with Crippen LogP contribution in [0.3, 0.4) is 0 Å². The third-order valence-electron chi connectivity index (χ3n) is 2.96. The number of hydrogen-bond acceptors (Lipinski definition) is 3. The van der Waals surface area contributed by atoms with Crippen molar-refractivity contribution in [1.29, 1.82) is 0 Å². The van der Waals surface area contributed by atoms with E-state index in [-0.39, 0.29) is 22.1 Å². The van der Waals surface area contributed by atoms with Crippen LogP contribution in [0.15, 0.2) is 46.4 Å². The molecular weight excluding hydrogens is 344 g/mol. The molecule has 0 aliphatic carbocycles. The van der Waals surface area contributed by atoms with Crippen molar-refractivity contribution >= 4 is 34.8 Å². The minimum absolute atomic E-state index is 0.0981. The van der Waals surface area contributed by atoms with E-state index in [9.17, 15) is 14.0 Å². The van der Waals surface area contributed by atoms with Crippen LogP contribution in [0.5, 0.6) is 0 Å². The van der Waals surface area contributed by atoms with E-state index in [0.29, 0.717) is 11.3 Å². The number of nitrogens with one attached hydrogen (secondary N) is 1. The molecular formula is C15H12Cl2FN3O2. The van der Waals surface area contributed by atoms with Gasteiger partial charge in [0.2, 0.25) is 0 Å². The van der Waals surface area contributed by atoms with E-state index in [1.165, 1.54) is 22.9 Å². The van der Waals surface area contributed by atoms with Crippen molar-refractivity contribution in [2.45, 2.75) is 13.5 Å². The summed E-state index contributed by atoms with van der Waals surface area (Å²) < 4.78 is 14.7. The second-order valence-electron chi connectivity index (χ2n) is 4.65. The first-order valence-corrected chi connectivity index (χ1v) is 7.27. The fraction of sp³-hybridized carbons (Fsp3) is 0.133. The van der Waals surface area contributed by atoms with Gasteiger partial charge in [-0.1, -0.05) is 29.3 Å². The van der Waals surface area contributed by atoms with Gasteiger partial charge in [0.1, 0.15) is 12.4 Å². The number of rotatable bonds is 4.